The monoisotopic (exact) mass is 187 g/mol. The third-order valence-electron chi connectivity index (χ3n) is 1.89. The van der Waals surface area contributed by atoms with Crippen LogP contribution in [0.2, 0.25) is 0 Å². The molecule has 0 spiro atoms. The summed E-state index contributed by atoms with van der Waals surface area (Å²) in [7, 11) is 3.99. The molecule has 0 saturated carbocycles. The third-order valence-corrected chi connectivity index (χ3v) is 2.06. The minimum Gasteiger partial charge on any atom is -0.439 e. The molecule has 68 valence electrons. The Morgan fingerprint density at radius 1 is 1.67 bits per heavy atom. The number of thiocarbonyl (C=S) groups is 1. The average Bonchev–Trinajstić information content (AvgIpc) is 2.37. The zero-order valence-corrected chi connectivity index (χ0v) is 8.34. The zero-order chi connectivity index (χ0) is 9.14. The minimum atomic E-state index is -0.211. The molecule has 4 nitrogen and oxygen atoms in total. The number of hydrogen-bond donors (Lipinski definition) is 0. The van der Waals surface area contributed by atoms with Crippen molar-refractivity contribution < 1.29 is 4.74 Å². The van der Waals surface area contributed by atoms with Crippen LogP contribution in [0.4, 0.5) is 0 Å². The maximum absolute atomic E-state index is 5.23. The van der Waals surface area contributed by atoms with E-state index in [0.717, 1.165) is 6.42 Å². The quantitative estimate of drug-likeness (QED) is 0.627. The van der Waals surface area contributed by atoms with E-state index in [0.29, 0.717) is 0 Å². The van der Waals surface area contributed by atoms with Crippen LogP contribution in [-0.2, 0) is 4.74 Å². The van der Waals surface area contributed by atoms with Crippen molar-refractivity contribution in [3.05, 3.63) is 0 Å². The summed E-state index contributed by atoms with van der Waals surface area (Å²) >= 11 is 4.75. The average molecular weight is 187 g/mol. The number of rotatable bonds is 3. The lowest BCUT2D eigenvalue weighted by Gasteiger charge is -2.24. The van der Waals surface area contributed by atoms with Crippen molar-refractivity contribution >= 4 is 17.4 Å². The molecular formula is C7H13N3OS. The molecule has 1 aliphatic rings. The van der Waals surface area contributed by atoms with Crippen LogP contribution in [0.5, 0.6) is 0 Å². The first-order valence-electron chi connectivity index (χ1n) is 3.93. The number of nitrogens with zero attached hydrogens (tertiary/aromatic N) is 3. The van der Waals surface area contributed by atoms with E-state index in [1.165, 1.54) is 0 Å². The van der Waals surface area contributed by atoms with E-state index >= 15 is 0 Å². The molecular weight excluding hydrogens is 174 g/mol. The van der Waals surface area contributed by atoms with Gasteiger partial charge in [-0.3, -0.25) is 0 Å². The van der Waals surface area contributed by atoms with Gasteiger partial charge in [0.05, 0.1) is 6.04 Å². The Bertz CT molecular complexity index is 205. The molecule has 0 fully saturated rings. The molecule has 0 amide bonds. The van der Waals surface area contributed by atoms with Crippen molar-refractivity contribution in [2.45, 2.75) is 25.6 Å². The summed E-state index contributed by atoms with van der Waals surface area (Å²) in [6.45, 7) is 2.09. The van der Waals surface area contributed by atoms with Crippen molar-refractivity contribution in [2.75, 3.05) is 14.1 Å². The number of azo groups is 1. The molecule has 0 bridgehead atoms. The predicted octanol–water partition coefficient (Wildman–Crippen LogP) is 1.42. The molecule has 1 rings (SSSR count). The number of likely N-dealkylation sites (N-methyl/N-ethyl adjacent to an activating group) is 1. The Kier molecular flexibility index (Phi) is 3.11. The molecule has 1 aliphatic heterocycles. The van der Waals surface area contributed by atoms with Crippen molar-refractivity contribution in [3.8, 4) is 0 Å². The lowest BCUT2D eigenvalue weighted by molar-refractivity contribution is 0.105. The fourth-order valence-electron chi connectivity index (χ4n) is 1.23. The Morgan fingerprint density at radius 2 is 2.33 bits per heavy atom. The number of hydrogen-bond acceptors (Lipinski definition) is 4. The van der Waals surface area contributed by atoms with E-state index < -0.39 is 0 Å². The maximum Gasteiger partial charge on any atom is 0.304 e. The molecule has 0 N–H and O–H groups in total. The van der Waals surface area contributed by atoms with Gasteiger partial charge in [0.1, 0.15) is 0 Å². The Labute approximate surface area is 77.6 Å². The van der Waals surface area contributed by atoms with Gasteiger partial charge in [0.15, 0.2) is 0 Å². The summed E-state index contributed by atoms with van der Waals surface area (Å²) in [6, 6.07) is 0.259. The van der Waals surface area contributed by atoms with Crippen molar-refractivity contribution in [3.63, 3.8) is 0 Å². The maximum atomic E-state index is 5.23. The van der Waals surface area contributed by atoms with Crippen LogP contribution in [0, 0.1) is 0 Å². The minimum absolute atomic E-state index is 0.211. The fraction of sp³-hybridized carbons (Fsp3) is 0.857. The van der Waals surface area contributed by atoms with E-state index in [4.69, 9.17) is 17.0 Å². The van der Waals surface area contributed by atoms with Crippen LogP contribution >= 0.6 is 12.2 Å². The second kappa shape index (κ2) is 3.91. The summed E-state index contributed by atoms with van der Waals surface area (Å²) in [5.74, 6) is 0. The molecule has 0 radical (unpaired) electrons. The van der Waals surface area contributed by atoms with E-state index in [-0.39, 0.29) is 17.4 Å². The van der Waals surface area contributed by atoms with E-state index in [9.17, 15) is 0 Å². The summed E-state index contributed by atoms with van der Waals surface area (Å²) in [5, 5.41) is 7.86. The molecule has 2 atom stereocenters. The Hall–Kier alpha value is -0.550. The van der Waals surface area contributed by atoms with Gasteiger partial charge in [-0.2, -0.15) is 0 Å². The van der Waals surface area contributed by atoms with Gasteiger partial charge < -0.3 is 9.64 Å². The molecule has 2 unspecified atom stereocenters. The van der Waals surface area contributed by atoms with E-state index in [1.807, 2.05) is 14.1 Å². The second-order valence-corrected chi connectivity index (χ2v) is 3.28. The van der Waals surface area contributed by atoms with Crippen molar-refractivity contribution in [1.29, 1.82) is 0 Å². The normalized spacial score (nSPS) is 24.7. The molecule has 0 aliphatic carbocycles. The van der Waals surface area contributed by atoms with Crippen LogP contribution in [-0.4, -0.2) is 36.4 Å². The van der Waals surface area contributed by atoms with Gasteiger partial charge in [-0.15, -0.1) is 10.2 Å². The standard InChI is InChI=1S/C7H13N3OS/c1-4-5(10(2)3)6-8-9-7(12)11-6/h5-6H,4H2,1-3H3. The van der Waals surface area contributed by atoms with Crippen LogP contribution in [0.15, 0.2) is 10.2 Å². The Balaban J connectivity index is 2.56. The summed E-state index contributed by atoms with van der Waals surface area (Å²) in [4.78, 5) is 2.07. The molecule has 0 aromatic carbocycles. The van der Waals surface area contributed by atoms with Crippen LogP contribution in [0.1, 0.15) is 13.3 Å². The van der Waals surface area contributed by atoms with Crippen LogP contribution < -0.4 is 0 Å². The smallest absolute Gasteiger partial charge is 0.304 e. The first-order valence-corrected chi connectivity index (χ1v) is 4.34. The Morgan fingerprint density at radius 3 is 2.67 bits per heavy atom. The predicted molar refractivity (Wildman–Crippen MR) is 50.1 cm³/mol. The van der Waals surface area contributed by atoms with Gasteiger partial charge in [-0.1, -0.05) is 6.92 Å². The van der Waals surface area contributed by atoms with E-state index in [1.54, 1.807) is 0 Å². The van der Waals surface area contributed by atoms with Gasteiger partial charge >= 0.3 is 5.17 Å². The number of ether oxygens (including phenoxy) is 1. The first-order chi connectivity index (χ1) is 5.65. The van der Waals surface area contributed by atoms with Crippen molar-refractivity contribution in [1.82, 2.24) is 4.90 Å². The lowest BCUT2D eigenvalue weighted by atomic mass is 10.2. The second-order valence-electron chi connectivity index (χ2n) is 2.93. The van der Waals surface area contributed by atoms with Gasteiger partial charge in [0.25, 0.3) is 0 Å². The third kappa shape index (κ3) is 1.98. The van der Waals surface area contributed by atoms with Gasteiger partial charge in [0, 0.05) is 0 Å². The van der Waals surface area contributed by atoms with Crippen LogP contribution in [0.25, 0.3) is 0 Å². The lowest BCUT2D eigenvalue weighted by Crippen LogP contribution is -2.37. The highest BCUT2D eigenvalue weighted by Crippen LogP contribution is 2.16. The summed E-state index contributed by atoms with van der Waals surface area (Å²) in [6.07, 6.45) is 0.761. The van der Waals surface area contributed by atoms with Crippen LogP contribution in [0.3, 0.4) is 0 Å². The molecule has 5 heteroatoms. The molecule has 0 saturated heterocycles. The molecule has 0 aromatic rings. The van der Waals surface area contributed by atoms with Gasteiger partial charge in [-0.25, -0.2) is 0 Å². The summed E-state index contributed by atoms with van der Waals surface area (Å²) < 4.78 is 5.23. The van der Waals surface area contributed by atoms with Crippen molar-refractivity contribution in [2.24, 2.45) is 10.2 Å². The summed E-state index contributed by atoms with van der Waals surface area (Å²) in [5.41, 5.74) is 0. The van der Waals surface area contributed by atoms with Gasteiger partial charge in [0.2, 0.25) is 6.23 Å². The molecule has 0 aromatic heterocycles. The zero-order valence-electron chi connectivity index (χ0n) is 7.52. The molecule has 12 heavy (non-hydrogen) atoms. The topological polar surface area (TPSA) is 37.2 Å². The highest BCUT2D eigenvalue weighted by Gasteiger charge is 2.27. The largest absolute Gasteiger partial charge is 0.439 e. The van der Waals surface area contributed by atoms with Gasteiger partial charge in [-0.05, 0) is 32.7 Å². The first kappa shape index (κ1) is 9.54. The fourth-order valence-corrected chi connectivity index (χ4v) is 1.38. The SMILES string of the molecule is CCC(C1N=NC(=S)O1)N(C)C. The highest BCUT2D eigenvalue weighted by atomic mass is 32.1. The van der Waals surface area contributed by atoms with E-state index in [2.05, 4.69) is 22.1 Å². The molecule has 1 heterocycles. The highest BCUT2D eigenvalue weighted by molar-refractivity contribution is 7.80.